The van der Waals surface area contributed by atoms with E-state index in [0.717, 1.165) is 17.4 Å². The highest BCUT2D eigenvalue weighted by Gasteiger charge is 2.16. The SMILES string of the molecule is COc1ccccc1[C@H](C)NC(=O)c1ccc(C)c(NS(C)(=O)=O)c1. The van der Waals surface area contributed by atoms with Crippen molar-refractivity contribution >= 4 is 21.6 Å². The quantitative estimate of drug-likeness (QED) is 0.827. The monoisotopic (exact) mass is 362 g/mol. The van der Waals surface area contributed by atoms with Crippen molar-refractivity contribution in [2.75, 3.05) is 18.1 Å². The standard InChI is InChI=1S/C18H22N2O4S/c1-12-9-10-14(11-16(12)20-25(4,22)23)18(21)19-13(2)15-7-5-6-8-17(15)24-3/h5-11,13,20H,1-4H3,(H,19,21)/t13-/m0/s1. The Morgan fingerprint density at radius 2 is 1.84 bits per heavy atom. The maximum atomic E-state index is 12.5. The van der Waals surface area contributed by atoms with E-state index in [1.807, 2.05) is 31.2 Å². The van der Waals surface area contributed by atoms with Crippen LogP contribution in [0.2, 0.25) is 0 Å². The molecule has 0 unspecified atom stereocenters. The zero-order valence-electron chi connectivity index (χ0n) is 14.7. The van der Waals surface area contributed by atoms with Crippen LogP contribution >= 0.6 is 0 Å². The molecule has 0 saturated carbocycles. The first kappa shape index (κ1) is 18.8. The number of nitrogens with one attached hydrogen (secondary N) is 2. The molecule has 6 nitrogen and oxygen atoms in total. The van der Waals surface area contributed by atoms with E-state index in [0.29, 0.717) is 17.0 Å². The van der Waals surface area contributed by atoms with Gasteiger partial charge in [0.1, 0.15) is 5.75 Å². The van der Waals surface area contributed by atoms with Gasteiger partial charge < -0.3 is 10.1 Å². The number of hydrogen-bond donors (Lipinski definition) is 2. The number of hydrogen-bond acceptors (Lipinski definition) is 4. The number of aryl methyl sites for hydroxylation is 1. The lowest BCUT2D eigenvalue weighted by molar-refractivity contribution is 0.0939. The number of para-hydroxylation sites is 1. The molecule has 2 aromatic rings. The van der Waals surface area contributed by atoms with Crippen molar-refractivity contribution in [3.05, 3.63) is 59.2 Å². The number of methoxy groups -OCH3 is 1. The highest BCUT2D eigenvalue weighted by atomic mass is 32.2. The molecule has 0 heterocycles. The minimum absolute atomic E-state index is 0.267. The molecule has 0 aromatic heterocycles. The van der Waals surface area contributed by atoms with Gasteiger partial charge in [0.15, 0.2) is 0 Å². The van der Waals surface area contributed by atoms with Crippen LogP contribution in [0.5, 0.6) is 5.75 Å². The third-order valence-corrected chi connectivity index (χ3v) is 4.34. The van der Waals surface area contributed by atoms with Gasteiger partial charge in [0.2, 0.25) is 10.0 Å². The van der Waals surface area contributed by atoms with Crippen molar-refractivity contribution in [3.63, 3.8) is 0 Å². The first-order valence-corrected chi connectivity index (χ1v) is 9.62. The van der Waals surface area contributed by atoms with Crippen molar-refractivity contribution in [1.82, 2.24) is 5.32 Å². The smallest absolute Gasteiger partial charge is 0.251 e. The number of sulfonamides is 1. The lowest BCUT2D eigenvalue weighted by atomic mass is 10.1. The van der Waals surface area contributed by atoms with Crippen LogP contribution in [0, 0.1) is 6.92 Å². The van der Waals surface area contributed by atoms with Crippen LogP contribution in [0.3, 0.4) is 0 Å². The van der Waals surface area contributed by atoms with E-state index in [-0.39, 0.29) is 11.9 Å². The van der Waals surface area contributed by atoms with E-state index in [4.69, 9.17) is 4.74 Å². The molecule has 1 atom stereocenters. The summed E-state index contributed by atoms with van der Waals surface area (Å²) in [5.74, 6) is 0.397. The van der Waals surface area contributed by atoms with Crippen molar-refractivity contribution in [2.24, 2.45) is 0 Å². The second-order valence-electron chi connectivity index (χ2n) is 5.84. The number of rotatable bonds is 6. The summed E-state index contributed by atoms with van der Waals surface area (Å²) in [6.45, 7) is 3.63. The van der Waals surface area contributed by atoms with Gasteiger partial charge in [0.25, 0.3) is 5.91 Å². The lowest BCUT2D eigenvalue weighted by Crippen LogP contribution is -2.27. The van der Waals surface area contributed by atoms with Crippen molar-refractivity contribution in [2.45, 2.75) is 19.9 Å². The molecular weight excluding hydrogens is 340 g/mol. The summed E-state index contributed by atoms with van der Waals surface area (Å²) in [6, 6.07) is 12.1. The van der Waals surface area contributed by atoms with Gasteiger partial charge in [-0.05, 0) is 37.6 Å². The minimum atomic E-state index is -3.42. The van der Waals surface area contributed by atoms with Gasteiger partial charge in [0.05, 0.1) is 25.1 Å². The summed E-state index contributed by atoms with van der Waals surface area (Å²) in [7, 11) is -1.84. The predicted octanol–water partition coefficient (Wildman–Crippen LogP) is 2.87. The molecule has 0 aliphatic carbocycles. The molecule has 0 spiro atoms. The van der Waals surface area contributed by atoms with E-state index >= 15 is 0 Å². The van der Waals surface area contributed by atoms with Crippen LogP contribution in [0.1, 0.15) is 34.5 Å². The molecule has 0 aliphatic rings. The average Bonchev–Trinajstić information content (AvgIpc) is 2.55. The summed E-state index contributed by atoms with van der Waals surface area (Å²) in [5.41, 5.74) is 2.36. The second kappa shape index (κ2) is 7.57. The summed E-state index contributed by atoms with van der Waals surface area (Å²) in [4.78, 5) is 12.5. The summed E-state index contributed by atoms with van der Waals surface area (Å²) >= 11 is 0. The topological polar surface area (TPSA) is 84.5 Å². The highest BCUT2D eigenvalue weighted by molar-refractivity contribution is 7.92. The Morgan fingerprint density at radius 1 is 1.16 bits per heavy atom. The Kier molecular flexibility index (Phi) is 5.69. The number of anilines is 1. The van der Waals surface area contributed by atoms with E-state index in [2.05, 4.69) is 10.0 Å². The molecule has 0 radical (unpaired) electrons. The zero-order chi connectivity index (χ0) is 18.6. The van der Waals surface area contributed by atoms with Gasteiger partial charge in [-0.2, -0.15) is 0 Å². The summed E-state index contributed by atoms with van der Waals surface area (Å²) in [5, 5.41) is 2.90. The number of ether oxygens (including phenoxy) is 1. The maximum Gasteiger partial charge on any atom is 0.251 e. The van der Waals surface area contributed by atoms with E-state index in [1.54, 1.807) is 26.2 Å². The number of benzene rings is 2. The number of carbonyl (C=O) groups excluding carboxylic acids is 1. The fourth-order valence-electron chi connectivity index (χ4n) is 2.45. The van der Waals surface area contributed by atoms with Gasteiger partial charge in [0, 0.05) is 11.1 Å². The highest BCUT2D eigenvalue weighted by Crippen LogP contribution is 2.25. The third-order valence-electron chi connectivity index (χ3n) is 3.75. The average molecular weight is 362 g/mol. The molecular formula is C18H22N2O4S. The molecule has 134 valence electrons. The van der Waals surface area contributed by atoms with E-state index in [1.165, 1.54) is 6.07 Å². The summed E-state index contributed by atoms with van der Waals surface area (Å²) < 4.78 is 30.6. The molecule has 0 bridgehead atoms. The van der Waals surface area contributed by atoms with Gasteiger partial charge in [-0.3, -0.25) is 9.52 Å². The predicted molar refractivity (Wildman–Crippen MR) is 98.5 cm³/mol. The van der Waals surface area contributed by atoms with Crippen LogP contribution in [0.4, 0.5) is 5.69 Å². The second-order valence-corrected chi connectivity index (χ2v) is 7.59. The molecule has 2 N–H and O–H groups in total. The van der Waals surface area contributed by atoms with Crippen molar-refractivity contribution < 1.29 is 17.9 Å². The summed E-state index contributed by atoms with van der Waals surface area (Å²) in [6.07, 6.45) is 1.07. The van der Waals surface area contributed by atoms with Crippen LogP contribution in [-0.2, 0) is 10.0 Å². The van der Waals surface area contributed by atoms with Gasteiger partial charge >= 0.3 is 0 Å². The Bertz CT molecular complexity index is 878. The van der Waals surface area contributed by atoms with Gasteiger partial charge in [-0.15, -0.1) is 0 Å². The Morgan fingerprint density at radius 3 is 2.48 bits per heavy atom. The van der Waals surface area contributed by atoms with Gasteiger partial charge in [-0.1, -0.05) is 24.3 Å². The van der Waals surface area contributed by atoms with Crippen LogP contribution in [0.15, 0.2) is 42.5 Å². The van der Waals surface area contributed by atoms with E-state index < -0.39 is 10.0 Å². The van der Waals surface area contributed by atoms with Crippen molar-refractivity contribution in [3.8, 4) is 5.75 Å². The molecule has 1 amide bonds. The van der Waals surface area contributed by atoms with Gasteiger partial charge in [-0.25, -0.2) is 8.42 Å². The fraction of sp³-hybridized carbons (Fsp3) is 0.278. The maximum absolute atomic E-state index is 12.5. The Balaban J connectivity index is 2.22. The van der Waals surface area contributed by atoms with Crippen molar-refractivity contribution in [1.29, 1.82) is 0 Å². The molecule has 7 heteroatoms. The fourth-order valence-corrected chi connectivity index (χ4v) is 3.07. The number of amides is 1. The first-order valence-electron chi connectivity index (χ1n) is 7.73. The molecule has 25 heavy (non-hydrogen) atoms. The van der Waals surface area contributed by atoms with Crippen LogP contribution in [0.25, 0.3) is 0 Å². The molecule has 0 fully saturated rings. The minimum Gasteiger partial charge on any atom is -0.496 e. The Labute approximate surface area is 148 Å². The molecule has 2 aromatic carbocycles. The first-order chi connectivity index (χ1) is 11.7. The molecule has 2 rings (SSSR count). The molecule has 0 saturated heterocycles. The van der Waals surface area contributed by atoms with Crippen LogP contribution in [-0.4, -0.2) is 27.7 Å². The zero-order valence-corrected chi connectivity index (χ0v) is 15.5. The largest absolute Gasteiger partial charge is 0.496 e. The molecule has 0 aliphatic heterocycles. The lowest BCUT2D eigenvalue weighted by Gasteiger charge is -2.18. The third kappa shape index (κ3) is 4.96. The normalized spacial score (nSPS) is 12.3. The van der Waals surface area contributed by atoms with Crippen LogP contribution < -0.4 is 14.8 Å². The number of carbonyl (C=O) groups is 1. The van der Waals surface area contributed by atoms with E-state index in [9.17, 15) is 13.2 Å². The Hall–Kier alpha value is -2.54.